The van der Waals surface area contributed by atoms with E-state index < -0.39 is 18.2 Å². The molecule has 3 saturated heterocycles. The first-order chi connectivity index (χ1) is 23.7. The Morgan fingerprint density at radius 3 is 2.33 bits per heavy atom. The van der Waals surface area contributed by atoms with Crippen LogP contribution in [0.3, 0.4) is 0 Å². The van der Waals surface area contributed by atoms with E-state index >= 15 is 0 Å². The number of ether oxygens (including phenoxy) is 4. The number of esters is 1. The van der Waals surface area contributed by atoms with Gasteiger partial charge < -0.3 is 24.1 Å². The van der Waals surface area contributed by atoms with E-state index in [2.05, 4.69) is 9.88 Å². The van der Waals surface area contributed by atoms with Crippen molar-refractivity contribution in [1.82, 2.24) is 4.90 Å². The molecule has 4 heterocycles. The number of pyridine rings is 1. The zero-order chi connectivity index (χ0) is 34.5. The number of piperidine rings is 3. The summed E-state index contributed by atoms with van der Waals surface area (Å²) in [5, 5.41) is 10.7. The molecule has 12 heteroatoms. The smallest absolute Gasteiger partial charge is 0.414 e. The van der Waals surface area contributed by atoms with Crippen LogP contribution in [0.1, 0.15) is 46.0 Å². The van der Waals surface area contributed by atoms with Crippen molar-refractivity contribution in [3.8, 4) is 17.2 Å². The van der Waals surface area contributed by atoms with Gasteiger partial charge >= 0.3 is 12.1 Å². The van der Waals surface area contributed by atoms with Gasteiger partial charge in [0.15, 0.2) is 23.9 Å². The minimum absolute atomic E-state index is 0.0828. The maximum atomic E-state index is 13.8. The Morgan fingerprint density at radius 2 is 1.67 bits per heavy atom. The fourth-order valence-electron chi connectivity index (χ4n) is 6.45. The summed E-state index contributed by atoms with van der Waals surface area (Å²) in [5.41, 5.74) is 2.78. The van der Waals surface area contributed by atoms with Crippen LogP contribution < -0.4 is 19.4 Å². The van der Waals surface area contributed by atoms with Crippen molar-refractivity contribution in [2.75, 3.05) is 38.8 Å². The molecular weight excluding hydrogens is 669 g/mol. The third-order valence-corrected chi connectivity index (χ3v) is 9.82. The molecule has 3 fully saturated rings. The maximum Gasteiger partial charge on any atom is 0.414 e. The van der Waals surface area contributed by atoms with Gasteiger partial charge in [0, 0.05) is 24.2 Å². The standard InChI is InChI=1S/C37H37Cl2N3O7/c1-46-32-11-6-25(17-34(32)47-2)33(18-29-30(38)19-40-20-31(29)39)48-36(44)26-5-3-4-23(16-26)21-42(27-7-9-28(43)10-8-27)37(45)49-35-22-41-14-12-24(35)13-15-41/h3-11,16-17,19-20,24,33,35,43H,12-15,18,21-22H2,1-2H3/p+1/t33-,35-/m0/s1. The van der Waals surface area contributed by atoms with Crippen molar-refractivity contribution in [3.05, 3.63) is 111 Å². The Hall–Kier alpha value is -4.51. The lowest BCUT2D eigenvalue weighted by Gasteiger charge is -2.44. The lowest BCUT2D eigenvalue weighted by atomic mass is 9.86. The molecular formula is C37H38Cl2N3O7+. The molecule has 3 aromatic carbocycles. The van der Waals surface area contributed by atoms with E-state index in [1.807, 2.05) is 6.07 Å². The summed E-state index contributed by atoms with van der Waals surface area (Å²) in [7, 11) is 3.07. The van der Waals surface area contributed by atoms with Crippen LogP contribution in [0, 0.1) is 5.92 Å². The van der Waals surface area contributed by atoms with Crippen LogP contribution in [-0.2, 0) is 22.4 Å². The number of carbonyl (C=O) groups is 2. The molecule has 3 aliphatic rings. The quantitative estimate of drug-likeness (QED) is 0.168. The third-order valence-electron chi connectivity index (χ3n) is 9.15. The Bertz CT molecular complexity index is 1780. The van der Waals surface area contributed by atoms with Crippen molar-refractivity contribution in [3.63, 3.8) is 0 Å². The normalized spacial score (nSPS) is 18.7. The molecule has 4 aromatic rings. The molecule has 49 heavy (non-hydrogen) atoms. The highest BCUT2D eigenvalue weighted by Gasteiger charge is 2.37. The Balaban J connectivity index is 1.25. The van der Waals surface area contributed by atoms with Gasteiger partial charge in [0.2, 0.25) is 0 Å². The summed E-state index contributed by atoms with van der Waals surface area (Å²) < 4.78 is 23.1. The lowest BCUT2D eigenvalue weighted by molar-refractivity contribution is -0.377. The highest BCUT2D eigenvalue weighted by Crippen LogP contribution is 2.36. The van der Waals surface area contributed by atoms with Crippen molar-refractivity contribution in [2.45, 2.75) is 38.0 Å². The summed E-state index contributed by atoms with van der Waals surface area (Å²) >= 11 is 13.0. The second kappa shape index (κ2) is 15.4. The van der Waals surface area contributed by atoms with E-state index in [0.717, 1.165) is 32.5 Å². The van der Waals surface area contributed by atoms with E-state index in [1.165, 1.54) is 24.1 Å². The molecule has 0 unspecified atom stereocenters. The number of phenols is 1. The van der Waals surface area contributed by atoms with Crippen molar-refractivity contribution < 1.29 is 38.6 Å². The molecule has 3 aliphatic heterocycles. The van der Waals surface area contributed by atoms with Crippen molar-refractivity contribution >= 4 is 41.0 Å². The van der Waals surface area contributed by atoms with E-state index in [1.54, 1.807) is 68.0 Å². The number of anilines is 1. The summed E-state index contributed by atoms with van der Waals surface area (Å²) in [5.74, 6) is 0.841. The van der Waals surface area contributed by atoms with Crippen molar-refractivity contribution in [1.29, 1.82) is 0 Å². The molecule has 1 amide bonds. The second-order valence-electron chi connectivity index (χ2n) is 12.2. The number of carbonyl (C=O) groups excluding carboxylic acids is 2. The molecule has 2 N–H and O–H groups in total. The van der Waals surface area contributed by atoms with Crippen LogP contribution >= 0.6 is 23.2 Å². The number of rotatable bonds is 11. The number of halogens is 2. The van der Waals surface area contributed by atoms with Gasteiger partial charge in [-0.1, -0.05) is 41.4 Å². The third kappa shape index (κ3) is 8.04. The van der Waals surface area contributed by atoms with Gasteiger partial charge in [0.05, 0.1) is 26.3 Å². The monoisotopic (exact) mass is 706 g/mol. The average Bonchev–Trinajstić information content (AvgIpc) is 3.12. The first-order valence-corrected chi connectivity index (χ1v) is 16.8. The number of aromatic amines is 1. The van der Waals surface area contributed by atoms with Crippen LogP contribution in [0.4, 0.5) is 10.5 Å². The SMILES string of the molecule is COc1ccc([C@H](Cc2c(Cl)c[nH+]cc2Cl)OC(=O)c2cccc(CN(C(=O)O[C@H]3CN4CCC3CC4)c3ccc(O)cc3)c2)cc1OC. The van der Waals surface area contributed by atoms with E-state index in [0.29, 0.717) is 49.8 Å². The lowest BCUT2D eigenvalue weighted by Crippen LogP contribution is -2.53. The van der Waals surface area contributed by atoms with Gasteiger partial charge in [0.25, 0.3) is 0 Å². The molecule has 0 radical (unpaired) electrons. The number of hydrogen-bond donors (Lipinski definition) is 1. The number of H-pyrrole nitrogens is 1. The molecule has 0 aliphatic carbocycles. The zero-order valence-corrected chi connectivity index (χ0v) is 28.7. The van der Waals surface area contributed by atoms with Gasteiger partial charge in [-0.15, -0.1) is 0 Å². The van der Waals surface area contributed by atoms with Gasteiger partial charge in [-0.2, -0.15) is 0 Å². The van der Waals surface area contributed by atoms with E-state index in [4.69, 9.17) is 42.1 Å². The number of aromatic hydroxyl groups is 1. The number of nitrogens with zero attached hydrogens (tertiary/aromatic N) is 2. The number of nitrogens with one attached hydrogen (secondary N) is 1. The summed E-state index contributed by atoms with van der Waals surface area (Å²) in [4.78, 5) is 34.2. The number of methoxy groups -OCH3 is 2. The average molecular weight is 708 g/mol. The number of amides is 1. The Kier molecular flexibility index (Phi) is 10.8. The minimum atomic E-state index is -0.793. The van der Waals surface area contributed by atoms with Gasteiger partial charge in [-0.3, -0.25) is 9.80 Å². The highest BCUT2D eigenvalue weighted by atomic mass is 35.5. The molecule has 1 aromatic heterocycles. The zero-order valence-electron chi connectivity index (χ0n) is 27.2. The van der Waals surface area contributed by atoms with Crippen LogP contribution in [0.25, 0.3) is 0 Å². The van der Waals surface area contributed by atoms with Crippen molar-refractivity contribution in [2.24, 2.45) is 5.92 Å². The molecule has 7 rings (SSSR count). The van der Waals surface area contributed by atoms with Crippen LogP contribution in [-0.4, -0.2) is 62.0 Å². The van der Waals surface area contributed by atoms with Gasteiger partial charge in [-0.25, -0.2) is 14.6 Å². The first kappa shape index (κ1) is 34.4. The van der Waals surface area contributed by atoms with Gasteiger partial charge in [-0.05, 0) is 91.5 Å². The summed E-state index contributed by atoms with van der Waals surface area (Å²) in [6, 6.07) is 18.6. The second-order valence-corrected chi connectivity index (χ2v) is 13.0. The molecule has 10 nitrogen and oxygen atoms in total. The maximum absolute atomic E-state index is 13.8. The predicted octanol–water partition coefficient (Wildman–Crippen LogP) is 6.91. The molecule has 0 spiro atoms. The van der Waals surface area contributed by atoms with Gasteiger partial charge in [0.1, 0.15) is 28.0 Å². The molecule has 256 valence electrons. The molecule has 0 saturated carbocycles. The number of fused-ring (bicyclic) bond motifs is 3. The highest BCUT2D eigenvalue weighted by molar-refractivity contribution is 6.35. The Morgan fingerprint density at radius 1 is 0.959 bits per heavy atom. The van der Waals surface area contributed by atoms with Crippen LogP contribution in [0.2, 0.25) is 10.0 Å². The number of phenolic OH excluding ortho intramolecular Hbond substituents is 1. The number of hydrogen-bond acceptors (Lipinski definition) is 8. The fourth-order valence-corrected chi connectivity index (χ4v) is 6.98. The number of benzene rings is 3. The first-order valence-electron chi connectivity index (χ1n) is 16.1. The predicted molar refractivity (Wildman–Crippen MR) is 185 cm³/mol. The Labute approximate surface area is 295 Å². The largest absolute Gasteiger partial charge is 0.508 e. The summed E-state index contributed by atoms with van der Waals surface area (Å²) in [6.45, 7) is 2.90. The fraction of sp³-hybridized carbons (Fsp3) is 0.324. The summed E-state index contributed by atoms with van der Waals surface area (Å²) in [6.07, 6.45) is 3.96. The molecule has 2 atom stereocenters. The van der Waals surface area contributed by atoms with E-state index in [-0.39, 0.29) is 30.4 Å². The van der Waals surface area contributed by atoms with E-state index in [9.17, 15) is 14.7 Å². The molecule has 2 bridgehead atoms. The number of aromatic nitrogens is 1. The minimum Gasteiger partial charge on any atom is -0.508 e. The van der Waals surface area contributed by atoms with Crippen LogP contribution in [0.15, 0.2) is 79.1 Å². The van der Waals surface area contributed by atoms with Crippen LogP contribution in [0.5, 0.6) is 17.2 Å². The topological polar surface area (TPSA) is 112 Å².